The highest BCUT2D eigenvalue weighted by Crippen LogP contribution is 2.21. The van der Waals surface area contributed by atoms with Crippen LogP contribution in [0.3, 0.4) is 0 Å². The van der Waals surface area contributed by atoms with E-state index in [1.165, 1.54) is 4.90 Å². The van der Waals surface area contributed by atoms with E-state index in [9.17, 15) is 14.4 Å². The molecule has 2 aromatic rings. The monoisotopic (exact) mass is 437 g/mol. The molecule has 8 nitrogen and oxygen atoms in total. The van der Waals surface area contributed by atoms with Gasteiger partial charge >= 0.3 is 6.09 Å². The van der Waals surface area contributed by atoms with Crippen molar-refractivity contribution in [2.24, 2.45) is 0 Å². The Balaban J connectivity index is 1.32. The van der Waals surface area contributed by atoms with Gasteiger partial charge in [0.15, 0.2) is 0 Å². The summed E-state index contributed by atoms with van der Waals surface area (Å²) >= 11 is 0. The van der Waals surface area contributed by atoms with E-state index in [0.717, 1.165) is 12.0 Å². The number of hydrogen-bond acceptors (Lipinski definition) is 5. The van der Waals surface area contributed by atoms with E-state index >= 15 is 0 Å². The highest BCUT2D eigenvalue weighted by Gasteiger charge is 2.35. The van der Waals surface area contributed by atoms with Gasteiger partial charge in [0.1, 0.15) is 12.6 Å². The topological polar surface area (TPSA) is 88.2 Å². The van der Waals surface area contributed by atoms with Gasteiger partial charge in [-0.15, -0.1) is 0 Å². The van der Waals surface area contributed by atoms with Crippen molar-refractivity contribution in [3.8, 4) is 0 Å². The van der Waals surface area contributed by atoms with E-state index in [1.807, 2.05) is 30.3 Å². The number of morpholine rings is 1. The Morgan fingerprint density at radius 3 is 2.41 bits per heavy atom. The molecule has 32 heavy (non-hydrogen) atoms. The number of rotatable bonds is 5. The molecule has 4 rings (SSSR count). The highest BCUT2D eigenvalue weighted by molar-refractivity contribution is 5.98. The smallest absolute Gasteiger partial charge is 0.410 e. The minimum atomic E-state index is -0.576. The van der Waals surface area contributed by atoms with E-state index in [2.05, 4.69) is 5.32 Å². The van der Waals surface area contributed by atoms with Gasteiger partial charge in [-0.25, -0.2) is 4.79 Å². The van der Waals surface area contributed by atoms with Crippen molar-refractivity contribution in [1.29, 1.82) is 0 Å². The van der Waals surface area contributed by atoms with Gasteiger partial charge in [-0.3, -0.25) is 14.5 Å². The number of anilines is 1. The second-order valence-corrected chi connectivity index (χ2v) is 7.86. The molecule has 2 heterocycles. The molecule has 0 radical (unpaired) electrons. The van der Waals surface area contributed by atoms with Crippen LogP contribution in [0.1, 0.15) is 28.8 Å². The number of nitrogens with one attached hydrogen (secondary N) is 1. The zero-order chi connectivity index (χ0) is 22.3. The third-order valence-corrected chi connectivity index (χ3v) is 5.69. The lowest BCUT2D eigenvalue weighted by Crippen LogP contribution is -2.43. The molecule has 0 aromatic heterocycles. The number of carbonyl (C=O) groups is 3. The van der Waals surface area contributed by atoms with E-state index in [-0.39, 0.29) is 18.4 Å². The normalized spacial score (nSPS) is 18.3. The summed E-state index contributed by atoms with van der Waals surface area (Å²) in [5.74, 6) is -0.305. The largest absolute Gasteiger partial charge is 0.445 e. The van der Waals surface area contributed by atoms with Gasteiger partial charge in [-0.2, -0.15) is 0 Å². The van der Waals surface area contributed by atoms with Gasteiger partial charge < -0.3 is 19.7 Å². The van der Waals surface area contributed by atoms with Crippen LogP contribution in [0.25, 0.3) is 0 Å². The van der Waals surface area contributed by atoms with E-state index in [4.69, 9.17) is 9.47 Å². The first-order valence-electron chi connectivity index (χ1n) is 10.9. The van der Waals surface area contributed by atoms with Crippen LogP contribution in [0.15, 0.2) is 54.6 Å². The maximum Gasteiger partial charge on any atom is 0.410 e. The Labute approximate surface area is 187 Å². The number of ether oxygens (including phenoxy) is 2. The lowest BCUT2D eigenvalue weighted by Gasteiger charge is -2.27. The lowest BCUT2D eigenvalue weighted by atomic mass is 10.1. The average Bonchev–Trinajstić information content (AvgIpc) is 3.34. The van der Waals surface area contributed by atoms with Crippen molar-refractivity contribution in [3.63, 3.8) is 0 Å². The van der Waals surface area contributed by atoms with E-state index in [1.54, 1.807) is 29.2 Å². The van der Waals surface area contributed by atoms with Gasteiger partial charge in [0.05, 0.1) is 13.2 Å². The molecule has 2 aliphatic heterocycles. The molecule has 1 unspecified atom stereocenters. The van der Waals surface area contributed by atoms with Crippen LogP contribution in [-0.4, -0.2) is 66.6 Å². The predicted molar refractivity (Wildman–Crippen MR) is 118 cm³/mol. The van der Waals surface area contributed by atoms with Gasteiger partial charge in [-0.05, 0) is 42.7 Å². The summed E-state index contributed by atoms with van der Waals surface area (Å²) in [5.41, 5.74) is 2.04. The zero-order valence-electron chi connectivity index (χ0n) is 17.9. The summed E-state index contributed by atoms with van der Waals surface area (Å²) in [7, 11) is 0. The van der Waals surface area contributed by atoms with Gasteiger partial charge in [0, 0.05) is 30.9 Å². The maximum atomic E-state index is 12.8. The summed E-state index contributed by atoms with van der Waals surface area (Å²) in [4.78, 5) is 41.1. The Morgan fingerprint density at radius 1 is 0.969 bits per heavy atom. The average molecular weight is 437 g/mol. The van der Waals surface area contributed by atoms with Crippen molar-refractivity contribution in [3.05, 3.63) is 65.7 Å². The Bertz CT molecular complexity index is 942. The molecule has 0 aliphatic carbocycles. The highest BCUT2D eigenvalue weighted by atomic mass is 16.6. The number of likely N-dealkylation sites (tertiary alicyclic amines) is 1. The molecule has 2 saturated heterocycles. The molecular formula is C24H27N3O5. The van der Waals surface area contributed by atoms with Crippen molar-refractivity contribution < 1.29 is 23.9 Å². The molecule has 3 amide bonds. The second-order valence-electron chi connectivity index (χ2n) is 7.86. The maximum absolute atomic E-state index is 12.8. The van der Waals surface area contributed by atoms with Gasteiger partial charge in [0.2, 0.25) is 5.91 Å². The molecular weight excluding hydrogens is 410 g/mol. The molecule has 2 aliphatic rings. The summed E-state index contributed by atoms with van der Waals surface area (Å²) < 4.78 is 10.7. The SMILES string of the molecule is O=C(Nc1ccc(C(=O)N2CCOCC2)cc1)C1CCCN1C(=O)OCc1ccccc1. The van der Waals surface area contributed by atoms with Crippen LogP contribution >= 0.6 is 0 Å². The molecule has 2 aromatic carbocycles. The Hall–Kier alpha value is -3.39. The number of hydrogen-bond donors (Lipinski definition) is 1. The molecule has 8 heteroatoms. The van der Waals surface area contributed by atoms with Crippen LogP contribution in [0.5, 0.6) is 0 Å². The van der Waals surface area contributed by atoms with Crippen LogP contribution in [0, 0.1) is 0 Å². The fourth-order valence-electron chi connectivity index (χ4n) is 3.93. The number of nitrogens with zero attached hydrogens (tertiary/aromatic N) is 2. The van der Waals surface area contributed by atoms with Crippen molar-refractivity contribution in [1.82, 2.24) is 9.80 Å². The molecule has 1 atom stereocenters. The third-order valence-electron chi connectivity index (χ3n) is 5.69. The molecule has 0 spiro atoms. The molecule has 0 saturated carbocycles. The van der Waals surface area contributed by atoms with Crippen LogP contribution < -0.4 is 5.32 Å². The predicted octanol–water partition coefficient (Wildman–Crippen LogP) is 2.90. The summed E-state index contributed by atoms with van der Waals surface area (Å²) in [6.45, 7) is 2.91. The molecule has 1 N–H and O–H groups in total. The minimum absolute atomic E-state index is 0.0469. The second kappa shape index (κ2) is 10.3. The molecule has 2 fully saturated rings. The molecule has 168 valence electrons. The van der Waals surface area contributed by atoms with Crippen LogP contribution in [0.2, 0.25) is 0 Å². The lowest BCUT2D eigenvalue weighted by molar-refractivity contribution is -0.120. The Morgan fingerprint density at radius 2 is 1.69 bits per heavy atom. The van der Waals surface area contributed by atoms with Crippen molar-refractivity contribution in [2.75, 3.05) is 38.2 Å². The Kier molecular flexibility index (Phi) is 7.01. The number of benzene rings is 2. The number of amides is 3. The summed E-state index contributed by atoms with van der Waals surface area (Å²) in [6.07, 6.45) is 0.837. The van der Waals surface area contributed by atoms with Crippen LogP contribution in [-0.2, 0) is 20.9 Å². The standard InChI is InChI=1S/C24H27N3O5/c28-22(21-7-4-12-27(21)24(30)32-17-18-5-2-1-3-6-18)25-20-10-8-19(9-11-20)23(29)26-13-15-31-16-14-26/h1-3,5-6,8-11,21H,4,7,12-17H2,(H,25,28). The summed E-state index contributed by atoms with van der Waals surface area (Å²) in [5, 5.41) is 2.85. The van der Waals surface area contributed by atoms with E-state index in [0.29, 0.717) is 50.5 Å². The summed E-state index contributed by atoms with van der Waals surface area (Å²) in [6, 6.07) is 15.7. The zero-order valence-corrected chi connectivity index (χ0v) is 17.9. The van der Waals surface area contributed by atoms with Gasteiger partial charge in [-0.1, -0.05) is 30.3 Å². The quantitative estimate of drug-likeness (QED) is 0.777. The van der Waals surface area contributed by atoms with Crippen LogP contribution in [0.4, 0.5) is 10.5 Å². The first-order chi connectivity index (χ1) is 15.6. The first kappa shape index (κ1) is 21.8. The number of carbonyl (C=O) groups excluding carboxylic acids is 3. The van der Waals surface area contributed by atoms with Crippen molar-refractivity contribution in [2.45, 2.75) is 25.5 Å². The first-order valence-corrected chi connectivity index (χ1v) is 10.9. The van der Waals surface area contributed by atoms with Gasteiger partial charge in [0.25, 0.3) is 5.91 Å². The van der Waals surface area contributed by atoms with Crippen molar-refractivity contribution >= 4 is 23.6 Å². The fraction of sp³-hybridized carbons (Fsp3) is 0.375. The molecule has 0 bridgehead atoms. The van der Waals surface area contributed by atoms with E-state index < -0.39 is 12.1 Å². The fourth-order valence-corrected chi connectivity index (χ4v) is 3.93. The minimum Gasteiger partial charge on any atom is -0.445 e. The third kappa shape index (κ3) is 5.26.